The van der Waals surface area contributed by atoms with E-state index in [2.05, 4.69) is 30.9 Å². The number of likely N-dealkylation sites (tertiary alicyclic amines) is 1. The van der Waals surface area contributed by atoms with Crippen LogP contribution >= 0.6 is 0 Å². The lowest BCUT2D eigenvalue weighted by atomic mass is 9.82. The molecule has 19 heavy (non-hydrogen) atoms. The zero-order chi connectivity index (χ0) is 13.9. The van der Waals surface area contributed by atoms with Gasteiger partial charge in [0.05, 0.1) is 7.11 Å². The second-order valence-electron chi connectivity index (χ2n) is 6.00. The molecule has 1 aromatic carbocycles. The third-order valence-corrected chi connectivity index (χ3v) is 4.32. The first kappa shape index (κ1) is 14.4. The average Bonchev–Trinajstić information content (AvgIpc) is 2.46. The Hall–Kier alpha value is -1.06. The van der Waals surface area contributed by atoms with Crippen molar-refractivity contribution in [2.24, 2.45) is 5.41 Å². The summed E-state index contributed by atoms with van der Waals surface area (Å²) >= 11 is 0. The number of piperidine rings is 1. The quantitative estimate of drug-likeness (QED) is 0.906. The Bertz CT molecular complexity index is 421. The van der Waals surface area contributed by atoms with Gasteiger partial charge in [-0.3, -0.25) is 4.90 Å². The Morgan fingerprint density at radius 3 is 2.95 bits per heavy atom. The fraction of sp³-hybridized carbons (Fsp3) is 0.625. The van der Waals surface area contributed by atoms with Crippen molar-refractivity contribution in [1.29, 1.82) is 0 Å². The van der Waals surface area contributed by atoms with E-state index in [1.165, 1.54) is 5.56 Å². The summed E-state index contributed by atoms with van der Waals surface area (Å²) in [5.41, 5.74) is 1.33. The maximum absolute atomic E-state index is 9.56. The number of methoxy groups -OCH3 is 1. The fourth-order valence-corrected chi connectivity index (χ4v) is 2.93. The number of hydrogen-bond acceptors (Lipinski definition) is 3. The predicted molar refractivity (Wildman–Crippen MR) is 77.4 cm³/mol. The number of aliphatic hydroxyl groups is 1. The lowest BCUT2D eigenvalue weighted by Crippen LogP contribution is -2.44. The van der Waals surface area contributed by atoms with Gasteiger partial charge in [0, 0.05) is 24.6 Å². The van der Waals surface area contributed by atoms with Crippen LogP contribution in [0.25, 0.3) is 0 Å². The van der Waals surface area contributed by atoms with Crippen LogP contribution in [-0.2, 0) is 0 Å². The average molecular weight is 263 g/mol. The van der Waals surface area contributed by atoms with Gasteiger partial charge in [0.15, 0.2) is 0 Å². The molecule has 1 saturated heterocycles. The van der Waals surface area contributed by atoms with Crippen LogP contribution in [0.1, 0.15) is 38.3 Å². The van der Waals surface area contributed by atoms with E-state index < -0.39 is 0 Å². The zero-order valence-electron chi connectivity index (χ0n) is 12.2. The first-order valence-corrected chi connectivity index (χ1v) is 7.07. The smallest absolute Gasteiger partial charge is 0.119 e. The van der Waals surface area contributed by atoms with Crippen LogP contribution in [0.3, 0.4) is 0 Å². The second-order valence-corrected chi connectivity index (χ2v) is 6.00. The molecule has 1 heterocycles. The van der Waals surface area contributed by atoms with Crippen LogP contribution in [-0.4, -0.2) is 36.8 Å². The molecule has 1 fully saturated rings. The highest BCUT2D eigenvalue weighted by Gasteiger charge is 2.32. The molecule has 1 aromatic rings. The minimum atomic E-state index is 0.0470. The molecule has 3 heteroatoms. The van der Waals surface area contributed by atoms with E-state index in [0.29, 0.717) is 6.04 Å². The van der Waals surface area contributed by atoms with E-state index >= 15 is 0 Å². The molecule has 0 aliphatic carbocycles. The molecule has 2 atom stereocenters. The molecule has 0 spiro atoms. The number of rotatable bonds is 4. The summed E-state index contributed by atoms with van der Waals surface area (Å²) in [6, 6.07) is 8.64. The molecular formula is C16H25NO2. The molecule has 1 N–H and O–H groups in total. The normalized spacial score (nSPS) is 26.1. The van der Waals surface area contributed by atoms with Crippen LogP contribution < -0.4 is 4.74 Å². The molecule has 0 saturated carbocycles. The third-order valence-electron chi connectivity index (χ3n) is 4.32. The summed E-state index contributed by atoms with van der Waals surface area (Å²) in [6.45, 7) is 6.75. The van der Waals surface area contributed by atoms with E-state index in [1.807, 2.05) is 12.1 Å². The van der Waals surface area contributed by atoms with E-state index in [9.17, 15) is 5.11 Å². The van der Waals surface area contributed by atoms with Gasteiger partial charge in [-0.2, -0.15) is 0 Å². The van der Waals surface area contributed by atoms with Crippen LogP contribution in [0, 0.1) is 5.41 Å². The standard InChI is InChI=1S/C16H25NO2/c1-13(14-6-4-7-15(10-14)19-3)17-9-5-8-16(2,11-17)12-18/h4,6-7,10,13,18H,5,8-9,11-12H2,1-3H3. The van der Waals surface area contributed by atoms with Crippen LogP contribution in [0.15, 0.2) is 24.3 Å². The highest BCUT2D eigenvalue weighted by molar-refractivity contribution is 5.30. The van der Waals surface area contributed by atoms with Gasteiger partial charge >= 0.3 is 0 Å². The maximum atomic E-state index is 9.56. The van der Waals surface area contributed by atoms with Crippen molar-refractivity contribution >= 4 is 0 Å². The molecule has 0 radical (unpaired) electrons. The molecule has 0 bridgehead atoms. The molecule has 2 unspecified atom stereocenters. The number of benzene rings is 1. The largest absolute Gasteiger partial charge is 0.497 e. The van der Waals surface area contributed by atoms with Gasteiger partial charge in [-0.1, -0.05) is 19.1 Å². The third kappa shape index (κ3) is 3.28. The van der Waals surface area contributed by atoms with E-state index in [1.54, 1.807) is 7.11 Å². The van der Waals surface area contributed by atoms with Crippen molar-refractivity contribution in [1.82, 2.24) is 4.90 Å². The lowest BCUT2D eigenvalue weighted by Gasteiger charge is -2.42. The van der Waals surface area contributed by atoms with Gasteiger partial charge in [-0.25, -0.2) is 0 Å². The number of hydrogen-bond donors (Lipinski definition) is 1. The highest BCUT2D eigenvalue weighted by Crippen LogP contribution is 2.34. The van der Waals surface area contributed by atoms with Gasteiger partial charge in [0.25, 0.3) is 0 Å². The van der Waals surface area contributed by atoms with Gasteiger partial charge in [0.1, 0.15) is 5.75 Å². The van der Waals surface area contributed by atoms with Crippen LogP contribution in [0.4, 0.5) is 0 Å². The molecule has 0 aromatic heterocycles. The summed E-state index contributed by atoms with van der Waals surface area (Å²) < 4.78 is 5.30. The molecule has 3 nitrogen and oxygen atoms in total. The predicted octanol–water partition coefficient (Wildman–Crippen LogP) is 2.85. The Balaban J connectivity index is 2.12. The summed E-state index contributed by atoms with van der Waals surface area (Å²) in [4.78, 5) is 2.47. The van der Waals surface area contributed by atoms with Gasteiger partial charge in [-0.05, 0) is 44.0 Å². The lowest BCUT2D eigenvalue weighted by molar-refractivity contribution is 0.0280. The molecule has 1 aliphatic rings. The minimum Gasteiger partial charge on any atom is -0.497 e. The van der Waals surface area contributed by atoms with Crippen LogP contribution in [0.5, 0.6) is 5.75 Å². The number of ether oxygens (including phenoxy) is 1. The summed E-state index contributed by atoms with van der Waals surface area (Å²) in [5.74, 6) is 0.909. The number of aliphatic hydroxyl groups excluding tert-OH is 1. The molecule has 2 rings (SSSR count). The van der Waals surface area contributed by atoms with Crippen molar-refractivity contribution in [3.63, 3.8) is 0 Å². The molecule has 106 valence electrons. The van der Waals surface area contributed by atoms with Gasteiger partial charge in [-0.15, -0.1) is 0 Å². The Morgan fingerprint density at radius 1 is 1.47 bits per heavy atom. The van der Waals surface area contributed by atoms with Gasteiger partial charge in [0.2, 0.25) is 0 Å². The highest BCUT2D eigenvalue weighted by atomic mass is 16.5. The van der Waals surface area contributed by atoms with Crippen LogP contribution in [0.2, 0.25) is 0 Å². The maximum Gasteiger partial charge on any atom is 0.119 e. The first-order chi connectivity index (χ1) is 9.08. The molecule has 1 aliphatic heterocycles. The Labute approximate surface area is 116 Å². The Kier molecular flexibility index (Phi) is 4.48. The van der Waals surface area contributed by atoms with Crippen molar-refractivity contribution in [3.05, 3.63) is 29.8 Å². The zero-order valence-corrected chi connectivity index (χ0v) is 12.2. The number of nitrogens with zero attached hydrogens (tertiary/aromatic N) is 1. The van der Waals surface area contributed by atoms with Crippen molar-refractivity contribution < 1.29 is 9.84 Å². The van der Waals surface area contributed by atoms with Crippen molar-refractivity contribution in [3.8, 4) is 5.75 Å². The SMILES string of the molecule is COc1cccc(C(C)N2CCCC(C)(CO)C2)c1. The summed E-state index contributed by atoms with van der Waals surface area (Å²) in [7, 11) is 1.70. The fourth-order valence-electron chi connectivity index (χ4n) is 2.93. The molecular weight excluding hydrogens is 238 g/mol. The summed E-state index contributed by atoms with van der Waals surface area (Å²) in [5, 5.41) is 9.56. The monoisotopic (exact) mass is 263 g/mol. The second kappa shape index (κ2) is 5.93. The minimum absolute atomic E-state index is 0.0470. The van der Waals surface area contributed by atoms with E-state index in [4.69, 9.17) is 4.74 Å². The van der Waals surface area contributed by atoms with E-state index in [0.717, 1.165) is 31.7 Å². The van der Waals surface area contributed by atoms with Crippen molar-refractivity contribution in [2.75, 3.05) is 26.8 Å². The molecule has 0 amide bonds. The van der Waals surface area contributed by atoms with E-state index in [-0.39, 0.29) is 12.0 Å². The van der Waals surface area contributed by atoms with Gasteiger partial charge < -0.3 is 9.84 Å². The Morgan fingerprint density at radius 2 is 2.26 bits per heavy atom. The topological polar surface area (TPSA) is 32.7 Å². The first-order valence-electron chi connectivity index (χ1n) is 7.07. The van der Waals surface area contributed by atoms with Crippen molar-refractivity contribution in [2.45, 2.75) is 32.7 Å². The summed E-state index contributed by atoms with van der Waals surface area (Å²) in [6.07, 6.45) is 2.27.